The number of nitrogens with one attached hydrogen (secondary N) is 1. The maximum absolute atomic E-state index is 12.1. The van der Waals surface area contributed by atoms with Crippen molar-refractivity contribution in [1.29, 1.82) is 0 Å². The SMILES string of the molecule is CCNc1cnc(C(F)(F)F)cc1N. The Labute approximate surface area is 79.1 Å². The number of nitrogen functional groups attached to an aromatic ring is 1. The van der Waals surface area contributed by atoms with Gasteiger partial charge in [0, 0.05) is 6.54 Å². The Morgan fingerprint density at radius 3 is 2.57 bits per heavy atom. The maximum atomic E-state index is 12.1. The molecule has 0 radical (unpaired) electrons. The maximum Gasteiger partial charge on any atom is 0.433 e. The Morgan fingerprint density at radius 1 is 1.50 bits per heavy atom. The van der Waals surface area contributed by atoms with E-state index in [9.17, 15) is 13.2 Å². The molecule has 0 bridgehead atoms. The third kappa shape index (κ3) is 2.27. The molecular weight excluding hydrogens is 195 g/mol. The lowest BCUT2D eigenvalue weighted by molar-refractivity contribution is -0.141. The van der Waals surface area contributed by atoms with Crippen molar-refractivity contribution in [2.75, 3.05) is 17.6 Å². The number of hydrogen-bond donors (Lipinski definition) is 2. The van der Waals surface area contributed by atoms with Crippen molar-refractivity contribution in [2.24, 2.45) is 0 Å². The molecule has 0 fully saturated rings. The number of anilines is 2. The van der Waals surface area contributed by atoms with E-state index in [2.05, 4.69) is 10.3 Å². The van der Waals surface area contributed by atoms with E-state index in [1.807, 2.05) is 6.92 Å². The van der Waals surface area contributed by atoms with Gasteiger partial charge in [0.05, 0.1) is 17.6 Å². The number of pyridine rings is 1. The van der Waals surface area contributed by atoms with Crippen LogP contribution in [0.2, 0.25) is 0 Å². The van der Waals surface area contributed by atoms with Crippen molar-refractivity contribution in [3.05, 3.63) is 18.0 Å². The van der Waals surface area contributed by atoms with Crippen LogP contribution in [0.15, 0.2) is 12.3 Å². The van der Waals surface area contributed by atoms with Gasteiger partial charge in [-0.25, -0.2) is 4.98 Å². The highest BCUT2D eigenvalue weighted by Gasteiger charge is 2.32. The van der Waals surface area contributed by atoms with Gasteiger partial charge in [-0.15, -0.1) is 0 Å². The fraction of sp³-hybridized carbons (Fsp3) is 0.375. The first-order valence-corrected chi connectivity index (χ1v) is 4.01. The summed E-state index contributed by atoms with van der Waals surface area (Å²) in [6, 6.07) is 0.817. The molecule has 0 amide bonds. The topological polar surface area (TPSA) is 50.9 Å². The van der Waals surface area contributed by atoms with Gasteiger partial charge in [0.1, 0.15) is 5.69 Å². The quantitative estimate of drug-likeness (QED) is 0.777. The van der Waals surface area contributed by atoms with Gasteiger partial charge in [-0.3, -0.25) is 0 Å². The molecule has 6 heteroatoms. The lowest BCUT2D eigenvalue weighted by Crippen LogP contribution is -2.10. The number of alkyl halides is 3. The molecule has 1 aromatic rings. The predicted octanol–water partition coefficient (Wildman–Crippen LogP) is 2.11. The first kappa shape index (κ1) is 10.6. The van der Waals surface area contributed by atoms with Gasteiger partial charge < -0.3 is 11.1 Å². The fourth-order valence-electron chi connectivity index (χ4n) is 0.964. The number of hydrogen-bond acceptors (Lipinski definition) is 3. The number of nitrogens with two attached hydrogens (primary N) is 1. The molecule has 3 nitrogen and oxygen atoms in total. The molecule has 0 unspecified atom stereocenters. The molecule has 1 rings (SSSR count). The molecule has 0 spiro atoms. The van der Waals surface area contributed by atoms with Crippen LogP contribution in [-0.4, -0.2) is 11.5 Å². The van der Waals surface area contributed by atoms with Crippen LogP contribution >= 0.6 is 0 Å². The smallest absolute Gasteiger partial charge is 0.397 e. The van der Waals surface area contributed by atoms with E-state index in [4.69, 9.17) is 5.73 Å². The van der Waals surface area contributed by atoms with Crippen LogP contribution in [0.1, 0.15) is 12.6 Å². The van der Waals surface area contributed by atoms with E-state index < -0.39 is 11.9 Å². The van der Waals surface area contributed by atoms with Crippen LogP contribution in [0.3, 0.4) is 0 Å². The van der Waals surface area contributed by atoms with Crippen molar-refractivity contribution < 1.29 is 13.2 Å². The van der Waals surface area contributed by atoms with Gasteiger partial charge >= 0.3 is 6.18 Å². The molecule has 3 N–H and O–H groups in total. The molecule has 0 aliphatic heterocycles. The molecule has 0 saturated carbocycles. The van der Waals surface area contributed by atoms with Gasteiger partial charge in [-0.05, 0) is 13.0 Å². The highest BCUT2D eigenvalue weighted by atomic mass is 19.4. The average Bonchev–Trinajstić information content (AvgIpc) is 2.07. The lowest BCUT2D eigenvalue weighted by Gasteiger charge is -2.10. The first-order chi connectivity index (χ1) is 6.45. The van der Waals surface area contributed by atoms with Crippen molar-refractivity contribution in [1.82, 2.24) is 4.98 Å². The van der Waals surface area contributed by atoms with E-state index in [0.29, 0.717) is 12.2 Å². The molecule has 14 heavy (non-hydrogen) atoms. The van der Waals surface area contributed by atoms with Crippen LogP contribution in [0.5, 0.6) is 0 Å². The Kier molecular flexibility index (Phi) is 2.83. The van der Waals surface area contributed by atoms with E-state index in [0.717, 1.165) is 12.3 Å². The molecule has 0 aliphatic carbocycles. The first-order valence-electron chi connectivity index (χ1n) is 4.01. The highest BCUT2D eigenvalue weighted by molar-refractivity contribution is 5.65. The zero-order valence-corrected chi connectivity index (χ0v) is 7.52. The van der Waals surface area contributed by atoms with Gasteiger partial charge in [0.2, 0.25) is 0 Å². The largest absolute Gasteiger partial charge is 0.433 e. The zero-order valence-electron chi connectivity index (χ0n) is 7.52. The summed E-state index contributed by atoms with van der Waals surface area (Å²) in [4.78, 5) is 3.26. The zero-order chi connectivity index (χ0) is 10.8. The Hall–Kier alpha value is -1.46. The number of rotatable bonds is 2. The van der Waals surface area contributed by atoms with Gasteiger partial charge in [0.15, 0.2) is 0 Å². The lowest BCUT2D eigenvalue weighted by atomic mass is 10.3. The minimum absolute atomic E-state index is 0.0502. The van der Waals surface area contributed by atoms with Crippen molar-refractivity contribution in [2.45, 2.75) is 13.1 Å². The molecule has 0 atom stereocenters. The number of nitrogens with zero attached hydrogens (tertiary/aromatic N) is 1. The van der Waals surface area contributed by atoms with E-state index in [-0.39, 0.29) is 5.69 Å². The minimum atomic E-state index is -4.45. The fourth-order valence-corrected chi connectivity index (χ4v) is 0.964. The summed E-state index contributed by atoms with van der Waals surface area (Å²) in [5, 5.41) is 2.80. The van der Waals surface area contributed by atoms with Crippen LogP contribution < -0.4 is 11.1 Å². The van der Waals surface area contributed by atoms with Crippen LogP contribution in [-0.2, 0) is 6.18 Å². The van der Waals surface area contributed by atoms with Gasteiger partial charge in [0.25, 0.3) is 0 Å². The molecule has 0 aromatic carbocycles. The third-order valence-electron chi connectivity index (χ3n) is 1.59. The minimum Gasteiger partial charge on any atom is -0.397 e. The summed E-state index contributed by atoms with van der Waals surface area (Å²) in [5.41, 5.74) is 4.89. The molecule has 0 saturated heterocycles. The van der Waals surface area contributed by atoms with Gasteiger partial charge in [-0.1, -0.05) is 0 Å². The second-order valence-corrected chi connectivity index (χ2v) is 2.68. The standard InChI is InChI=1S/C8H10F3N3/c1-2-13-6-4-14-7(3-5(6)12)8(9,10)11/h3-4,13H,2H2,1H3,(H2,12,14). The molecule has 78 valence electrons. The Bertz CT molecular complexity index is 322. The summed E-state index contributed by atoms with van der Waals surface area (Å²) < 4.78 is 36.4. The molecule has 1 aromatic heterocycles. The summed E-state index contributed by atoms with van der Waals surface area (Å²) in [6.07, 6.45) is -3.36. The second kappa shape index (κ2) is 3.73. The average molecular weight is 205 g/mol. The Balaban J connectivity index is 3.01. The van der Waals surface area contributed by atoms with Crippen molar-refractivity contribution >= 4 is 11.4 Å². The van der Waals surface area contributed by atoms with Gasteiger partial charge in [-0.2, -0.15) is 13.2 Å². The second-order valence-electron chi connectivity index (χ2n) is 2.68. The van der Waals surface area contributed by atoms with E-state index in [1.54, 1.807) is 0 Å². The number of halogens is 3. The number of aromatic nitrogens is 1. The van der Waals surface area contributed by atoms with Crippen LogP contribution in [0, 0.1) is 0 Å². The summed E-state index contributed by atoms with van der Waals surface area (Å²) >= 11 is 0. The van der Waals surface area contributed by atoms with Crippen molar-refractivity contribution in [3.8, 4) is 0 Å². The predicted molar refractivity (Wildman–Crippen MR) is 47.8 cm³/mol. The highest BCUT2D eigenvalue weighted by Crippen LogP contribution is 2.30. The normalized spacial score (nSPS) is 11.4. The third-order valence-corrected chi connectivity index (χ3v) is 1.59. The molecule has 0 aliphatic rings. The van der Waals surface area contributed by atoms with Crippen LogP contribution in [0.4, 0.5) is 24.5 Å². The van der Waals surface area contributed by atoms with E-state index in [1.165, 1.54) is 0 Å². The summed E-state index contributed by atoms with van der Waals surface area (Å²) in [6.45, 7) is 2.40. The monoisotopic (exact) mass is 205 g/mol. The van der Waals surface area contributed by atoms with Crippen LogP contribution in [0.25, 0.3) is 0 Å². The van der Waals surface area contributed by atoms with Crippen molar-refractivity contribution in [3.63, 3.8) is 0 Å². The Morgan fingerprint density at radius 2 is 2.14 bits per heavy atom. The molecular formula is C8H10F3N3. The summed E-state index contributed by atoms with van der Waals surface area (Å²) in [5.74, 6) is 0. The van der Waals surface area contributed by atoms with E-state index >= 15 is 0 Å². The molecule has 1 heterocycles. The summed E-state index contributed by atoms with van der Waals surface area (Å²) in [7, 11) is 0.